The lowest BCUT2D eigenvalue weighted by atomic mass is 9.87. The number of aryl methyl sites for hydroxylation is 1. The van der Waals surface area contributed by atoms with Crippen LogP contribution in [-0.2, 0) is 16.0 Å². The average molecular weight is 391 g/mol. The van der Waals surface area contributed by atoms with E-state index < -0.39 is 12.1 Å². The van der Waals surface area contributed by atoms with Gasteiger partial charge in [-0.1, -0.05) is 24.3 Å². The van der Waals surface area contributed by atoms with Gasteiger partial charge in [-0.25, -0.2) is 9.48 Å². The molecule has 3 aromatic rings. The summed E-state index contributed by atoms with van der Waals surface area (Å²) in [5.41, 5.74) is 3.47. The van der Waals surface area contributed by atoms with Crippen molar-refractivity contribution in [2.45, 2.75) is 38.3 Å². The molecule has 1 aliphatic rings. The van der Waals surface area contributed by atoms with Gasteiger partial charge in [0.25, 0.3) is 5.91 Å². The van der Waals surface area contributed by atoms with Crippen LogP contribution in [-0.4, -0.2) is 38.2 Å². The van der Waals surface area contributed by atoms with Gasteiger partial charge in [-0.2, -0.15) is 0 Å². The third kappa shape index (κ3) is 4.16. The minimum Gasteiger partial charge on any atom is -0.449 e. The maximum absolute atomic E-state index is 12.6. The average Bonchev–Trinajstić information content (AvgIpc) is 3.29. The molecule has 29 heavy (non-hydrogen) atoms. The van der Waals surface area contributed by atoms with E-state index in [1.54, 1.807) is 31.2 Å². The van der Waals surface area contributed by atoms with E-state index in [1.807, 2.05) is 18.2 Å². The van der Waals surface area contributed by atoms with Gasteiger partial charge in [0.1, 0.15) is 6.33 Å². The highest BCUT2D eigenvalue weighted by atomic mass is 16.5. The minimum absolute atomic E-state index is 0.0517. The molecule has 0 aliphatic heterocycles. The van der Waals surface area contributed by atoms with Gasteiger partial charge in [-0.05, 0) is 72.0 Å². The standard InChI is InChI=1S/C21H21N5O3/c1-14(20(27)23-19-8-4-6-15-5-2-3-7-18(15)19)29-21(28)16-9-11-17(12-10-16)26-13-22-24-25-26/h2-3,5,7,9-14,19H,4,6,8H2,1H3,(H,23,27). The van der Waals surface area contributed by atoms with Crippen LogP contribution in [0.25, 0.3) is 5.69 Å². The lowest BCUT2D eigenvalue weighted by Crippen LogP contribution is -2.39. The second kappa shape index (κ2) is 8.22. The van der Waals surface area contributed by atoms with Crippen molar-refractivity contribution in [3.05, 3.63) is 71.5 Å². The van der Waals surface area contributed by atoms with Crippen LogP contribution < -0.4 is 5.32 Å². The van der Waals surface area contributed by atoms with Crippen LogP contribution in [0.1, 0.15) is 47.3 Å². The molecule has 2 aromatic carbocycles. The number of esters is 1. The zero-order valence-electron chi connectivity index (χ0n) is 16.0. The van der Waals surface area contributed by atoms with Gasteiger partial charge in [-0.3, -0.25) is 4.79 Å². The van der Waals surface area contributed by atoms with Crippen LogP contribution in [0.2, 0.25) is 0 Å². The third-order valence-electron chi connectivity index (χ3n) is 5.06. The number of hydrogen-bond acceptors (Lipinski definition) is 6. The molecule has 1 aromatic heterocycles. The van der Waals surface area contributed by atoms with Crippen LogP contribution in [0.5, 0.6) is 0 Å². The Bertz CT molecular complexity index is 1000. The first kappa shape index (κ1) is 18.8. The summed E-state index contributed by atoms with van der Waals surface area (Å²) in [4.78, 5) is 25.0. The first-order valence-electron chi connectivity index (χ1n) is 9.54. The molecule has 1 aliphatic carbocycles. The van der Waals surface area contributed by atoms with Crippen LogP contribution >= 0.6 is 0 Å². The molecule has 0 radical (unpaired) electrons. The Morgan fingerprint density at radius 1 is 1.17 bits per heavy atom. The van der Waals surface area contributed by atoms with Gasteiger partial charge >= 0.3 is 5.97 Å². The van der Waals surface area contributed by atoms with Crippen LogP contribution in [0.4, 0.5) is 0 Å². The molecule has 1 N–H and O–H groups in total. The van der Waals surface area contributed by atoms with Crippen LogP contribution in [0.15, 0.2) is 54.9 Å². The maximum atomic E-state index is 12.6. The molecule has 0 fully saturated rings. The second-order valence-electron chi connectivity index (χ2n) is 7.00. The Morgan fingerprint density at radius 2 is 1.97 bits per heavy atom. The highest BCUT2D eigenvalue weighted by Gasteiger charge is 2.25. The first-order valence-corrected chi connectivity index (χ1v) is 9.54. The molecule has 2 unspecified atom stereocenters. The lowest BCUT2D eigenvalue weighted by Gasteiger charge is -2.27. The molecule has 8 heteroatoms. The van der Waals surface area contributed by atoms with Crippen molar-refractivity contribution in [2.24, 2.45) is 0 Å². The number of benzene rings is 2. The van der Waals surface area contributed by atoms with E-state index in [4.69, 9.17) is 4.74 Å². The van der Waals surface area contributed by atoms with Crippen molar-refractivity contribution in [1.29, 1.82) is 0 Å². The smallest absolute Gasteiger partial charge is 0.338 e. The predicted octanol–water partition coefficient (Wildman–Crippen LogP) is 2.40. The third-order valence-corrected chi connectivity index (χ3v) is 5.06. The summed E-state index contributed by atoms with van der Waals surface area (Å²) in [6, 6.07) is 14.7. The Hall–Kier alpha value is -3.55. The summed E-state index contributed by atoms with van der Waals surface area (Å²) in [5, 5.41) is 14.0. The fraction of sp³-hybridized carbons (Fsp3) is 0.286. The number of nitrogens with zero attached hydrogens (tertiary/aromatic N) is 4. The monoisotopic (exact) mass is 391 g/mol. The number of hydrogen-bond donors (Lipinski definition) is 1. The summed E-state index contributed by atoms with van der Waals surface area (Å²) in [5.74, 6) is -0.856. The highest BCUT2D eigenvalue weighted by molar-refractivity contribution is 5.92. The molecule has 1 heterocycles. The number of ether oxygens (including phenoxy) is 1. The Kier molecular flexibility index (Phi) is 5.33. The molecule has 2 atom stereocenters. The van der Waals surface area contributed by atoms with Gasteiger partial charge < -0.3 is 10.1 Å². The van der Waals surface area contributed by atoms with E-state index in [0.29, 0.717) is 11.3 Å². The predicted molar refractivity (Wildman–Crippen MR) is 104 cm³/mol. The van der Waals surface area contributed by atoms with Gasteiger partial charge in [0.15, 0.2) is 6.10 Å². The highest BCUT2D eigenvalue weighted by Crippen LogP contribution is 2.29. The lowest BCUT2D eigenvalue weighted by molar-refractivity contribution is -0.130. The largest absolute Gasteiger partial charge is 0.449 e. The number of aromatic nitrogens is 4. The Labute approximate surface area is 167 Å². The summed E-state index contributed by atoms with van der Waals surface area (Å²) < 4.78 is 6.84. The Balaban J connectivity index is 1.37. The van der Waals surface area contributed by atoms with Crippen molar-refractivity contribution in [2.75, 3.05) is 0 Å². The molecule has 8 nitrogen and oxygen atoms in total. The minimum atomic E-state index is -0.893. The maximum Gasteiger partial charge on any atom is 0.338 e. The first-order chi connectivity index (χ1) is 14.1. The van der Waals surface area contributed by atoms with E-state index in [0.717, 1.165) is 24.8 Å². The fourth-order valence-corrected chi connectivity index (χ4v) is 3.50. The Morgan fingerprint density at radius 3 is 2.72 bits per heavy atom. The van der Waals surface area contributed by atoms with Gasteiger partial charge in [0, 0.05) is 0 Å². The quantitative estimate of drug-likeness (QED) is 0.671. The molecular weight excluding hydrogens is 370 g/mol. The molecule has 0 saturated carbocycles. The number of tetrazole rings is 1. The number of fused-ring (bicyclic) bond motifs is 1. The van der Waals surface area contributed by atoms with E-state index in [-0.39, 0.29) is 11.9 Å². The zero-order valence-corrected chi connectivity index (χ0v) is 16.0. The SMILES string of the molecule is CC(OC(=O)c1ccc(-n2cnnn2)cc1)C(=O)NC1CCCc2ccccc21. The van der Waals surface area contributed by atoms with Crippen LogP contribution in [0, 0.1) is 0 Å². The zero-order chi connectivity index (χ0) is 20.2. The van der Waals surface area contributed by atoms with E-state index in [2.05, 4.69) is 26.9 Å². The molecular formula is C21H21N5O3. The van der Waals surface area contributed by atoms with E-state index in [1.165, 1.54) is 16.6 Å². The molecule has 0 spiro atoms. The number of carbonyl (C=O) groups is 2. The van der Waals surface area contributed by atoms with Gasteiger partial charge in [0.05, 0.1) is 17.3 Å². The molecule has 0 bridgehead atoms. The number of rotatable bonds is 5. The summed E-state index contributed by atoms with van der Waals surface area (Å²) >= 11 is 0. The van der Waals surface area contributed by atoms with Crippen molar-refractivity contribution in [1.82, 2.24) is 25.5 Å². The van der Waals surface area contributed by atoms with Crippen molar-refractivity contribution in [3.8, 4) is 5.69 Å². The summed E-state index contributed by atoms with van der Waals surface area (Å²) in [7, 11) is 0. The fourth-order valence-electron chi connectivity index (χ4n) is 3.50. The summed E-state index contributed by atoms with van der Waals surface area (Å²) in [6.45, 7) is 1.58. The normalized spacial score (nSPS) is 16.5. The summed E-state index contributed by atoms with van der Waals surface area (Å²) in [6.07, 6.45) is 3.48. The number of amides is 1. The topological polar surface area (TPSA) is 99.0 Å². The molecule has 148 valence electrons. The number of carbonyl (C=O) groups excluding carboxylic acids is 2. The second-order valence-corrected chi connectivity index (χ2v) is 7.00. The molecule has 1 amide bonds. The van der Waals surface area contributed by atoms with Crippen molar-refractivity contribution >= 4 is 11.9 Å². The van der Waals surface area contributed by atoms with E-state index in [9.17, 15) is 9.59 Å². The molecule has 4 rings (SSSR count). The van der Waals surface area contributed by atoms with Crippen molar-refractivity contribution < 1.29 is 14.3 Å². The van der Waals surface area contributed by atoms with Crippen molar-refractivity contribution in [3.63, 3.8) is 0 Å². The van der Waals surface area contributed by atoms with Gasteiger partial charge in [0.2, 0.25) is 0 Å². The van der Waals surface area contributed by atoms with E-state index >= 15 is 0 Å². The molecule has 0 saturated heterocycles. The number of nitrogens with one attached hydrogen (secondary N) is 1. The van der Waals surface area contributed by atoms with Crippen LogP contribution in [0.3, 0.4) is 0 Å². The van der Waals surface area contributed by atoms with Gasteiger partial charge in [-0.15, -0.1) is 5.10 Å².